The van der Waals surface area contributed by atoms with Gasteiger partial charge in [-0.1, -0.05) is 6.08 Å². The number of Topliss-reactive ketones (excluding diaryl/α,β-unsaturated/α-hetero) is 1. The molecule has 3 nitrogen and oxygen atoms in total. The average molecular weight is 154 g/mol. The zero-order chi connectivity index (χ0) is 7.84. The molecular formula is C8H10O3. The van der Waals surface area contributed by atoms with E-state index in [-0.39, 0.29) is 24.2 Å². The molecule has 60 valence electrons. The highest BCUT2D eigenvalue weighted by Gasteiger charge is 2.39. The Morgan fingerprint density at radius 3 is 3.09 bits per heavy atom. The predicted octanol–water partition coefficient (Wildman–Crippen LogP) is -0.250. The van der Waals surface area contributed by atoms with Crippen molar-refractivity contribution in [3.05, 3.63) is 11.6 Å². The van der Waals surface area contributed by atoms with E-state index in [0.29, 0.717) is 18.8 Å². The van der Waals surface area contributed by atoms with E-state index >= 15 is 0 Å². The Kier molecular flexibility index (Phi) is 1.55. The van der Waals surface area contributed by atoms with Crippen LogP contribution in [0.2, 0.25) is 0 Å². The van der Waals surface area contributed by atoms with Gasteiger partial charge in [0, 0.05) is 11.5 Å². The summed E-state index contributed by atoms with van der Waals surface area (Å²) in [6, 6.07) is 0. The number of aliphatic hydroxyl groups is 1. The number of carbonyl (C=O) groups excluding carboxylic acids is 1. The smallest absolute Gasteiger partial charge is 0.166 e. The normalized spacial score (nSPS) is 35.7. The van der Waals surface area contributed by atoms with Gasteiger partial charge in [0.2, 0.25) is 0 Å². The van der Waals surface area contributed by atoms with Crippen LogP contribution < -0.4 is 0 Å². The molecule has 1 aliphatic heterocycles. The summed E-state index contributed by atoms with van der Waals surface area (Å²) in [4.78, 5) is 11.3. The molecular weight excluding hydrogens is 144 g/mol. The molecule has 11 heavy (non-hydrogen) atoms. The third kappa shape index (κ3) is 0.921. The summed E-state index contributed by atoms with van der Waals surface area (Å²) in [6.45, 7) is 1.05. The molecule has 1 fully saturated rings. The van der Waals surface area contributed by atoms with E-state index in [9.17, 15) is 4.79 Å². The van der Waals surface area contributed by atoms with Crippen LogP contribution in [0.1, 0.15) is 0 Å². The van der Waals surface area contributed by atoms with E-state index < -0.39 is 0 Å². The van der Waals surface area contributed by atoms with Gasteiger partial charge >= 0.3 is 0 Å². The van der Waals surface area contributed by atoms with Gasteiger partial charge in [0.05, 0.1) is 25.7 Å². The molecule has 0 radical (unpaired) electrons. The van der Waals surface area contributed by atoms with Gasteiger partial charge in [-0.05, 0) is 0 Å². The summed E-state index contributed by atoms with van der Waals surface area (Å²) in [5.41, 5.74) is 0.573. The van der Waals surface area contributed by atoms with Crippen molar-refractivity contribution in [3.63, 3.8) is 0 Å². The molecule has 0 bridgehead atoms. The molecule has 1 aliphatic carbocycles. The Bertz CT molecular complexity index is 219. The number of ketones is 1. The first-order valence-electron chi connectivity index (χ1n) is 3.76. The van der Waals surface area contributed by atoms with Crippen LogP contribution in [0.4, 0.5) is 0 Å². The van der Waals surface area contributed by atoms with Gasteiger partial charge in [-0.25, -0.2) is 0 Å². The van der Waals surface area contributed by atoms with Gasteiger partial charge in [-0.15, -0.1) is 0 Å². The van der Waals surface area contributed by atoms with Crippen molar-refractivity contribution >= 4 is 5.78 Å². The predicted molar refractivity (Wildman–Crippen MR) is 38.0 cm³/mol. The fraction of sp³-hybridized carbons (Fsp3) is 0.625. The molecule has 0 aromatic heterocycles. The Balaban J connectivity index is 2.22. The van der Waals surface area contributed by atoms with Crippen molar-refractivity contribution in [3.8, 4) is 0 Å². The first-order valence-corrected chi connectivity index (χ1v) is 3.76. The molecule has 2 aliphatic rings. The average Bonchev–Trinajstić information content (AvgIpc) is 2.53. The number of carbonyl (C=O) groups is 1. The topological polar surface area (TPSA) is 46.5 Å². The Labute approximate surface area is 64.7 Å². The van der Waals surface area contributed by atoms with Gasteiger partial charge in [-0.3, -0.25) is 4.79 Å². The second-order valence-electron chi connectivity index (χ2n) is 3.02. The molecule has 0 unspecified atom stereocenters. The van der Waals surface area contributed by atoms with Crippen LogP contribution in [-0.4, -0.2) is 30.7 Å². The van der Waals surface area contributed by atoms with E-state index in [1.165, 1.54) is 0 Å². The number of ether oxygens (including phenoxy) is 1. The maximum absolute atomic E-state index is 11.3. The minimum atomic E-state index is -0.119. The van der Waals surface area contributed by atoms with E-state index in [4.69, 9.17) is 9.84 Å². The summed E-state index contributed by atoms with van der Waals surface area (Å²) < 4.78 is 5.13. The van der Waals surface area contributed by atoms with E-state index in [2.05, 4.69) is 0 Å². The molecule has 1 N–H and O–H groups in total. The van der Waals surface area contributed by atoms with Gasteiger partial charge in [0.25, 0.3) is 0 Å². The first-order chi connectivity index (χ1) is 5.33. The van der Waals surface area contributed by atoms with Crippen LogP contribution in [0.15, 0.2) is 11.6 Å². The molecule has 0 amide bonds. The van der Waals surface area contributed by atoms with E-state index in [1.54, 1.807) is 0 Å². The lowest BCUT2D eigenvalue weighted by Gasteiger charge is -2.01. The van der Waals surface area contributed by atoms with Crippen molar-refractivity contribution in [1.29, 1.82) is 0 Å². The van der Waals surface area contributed by atoms with Gasteiger partial charge < -0.3 is 9.84 Å². The van der Waals surface area contributed by atoms with Crippen molar-refractivity contribution in [1.82, 2.24) is 0 Å². The maximum Gasteiger partial charge on any atom is 0.166 e. The summed E-state index contributed by atoms with van der Waals surface area (Å²) >= 11 is 0. The summed E-state index contributed by atoms with van der Waals surface area (Å²) in [5, 5.41) is 8.76. The first kappa shape index (κ1) is 7.00. The van der Waals surface area contributed by atoms with Crippen LogP contribution in [-0.2, 0) is 9.53 Å². The van der Waals surface area contributed by atoms with Crippen molar-refractivity contribution in [2.75, 3.05) is 19.8 Å². The molecule has 2 atom stereocenters. The lowest BCUT2D eigenvalue weighted by atomic mass is 9.99. The number of rotatable bonds is 1. The lowest BCUT2D eigenvalue weighted by molar-refractivity contribution is -0.119. The monoisotopic (exact) mass is 154 g/mol. The molecule has 1 saturated heterocycles. The highest BCUT2D eigenvalue weighted by Crippen LogP contribution is 2.32. The van der Waals surface area contributed by atoms with Gasteiger partial charge in [-0.2, -0.15) is 0 Å². The summed E-state index contributed by atoms with van der Waals surface area (Å²) in [7, 11) is 0. The third-order valence-electron chi connectivity index (χ3n) is 2.36. The molecule has 1 heterocycles. The molecule has 0 spiro atoms. The standard InChI is InChI=1S/C8H10O3/c9-2-5-1-6-3-11-4-7(6)8(5)10/h1,6-7,9H,2-4H2/t6-,7+/m0/s1. The SMILES string of the molecule is O=C1C(CO)=C[C@H]2COC[C@@H]12. The van der Waals surface area contributed by atoms with Crippen LogP contribution in [0.3, 0.4) is 0 Å². The Morgan fingerprint density at radius 2 is 2.45 bits per heavy atom. The third-order valence-corrected chi connectivity index (χ3v) is 2.36. The number of fused-ring (bicyclic) bond motifs is 1. The van der Waals surface area contributed by atoms with Crippen LogP contribution in [0.5, 0.6) is 0 Å². The van der Waals surface area contributed by atoms with Crippen molar-refractivity contribution in [2.24, 2.45) is 11.8 Å². The quantitative estimate of drug-likeness (QED) is 0.566. The highest BCUT2D eigenvalue weighted by atomic mass is 16.5. The minimum absolute atomic E-state index is 0.0112. The van der Waals surface area contributed by atoms with Gasteiger partial charge in [0.15, 0.2) is 5.78 Å². The van der Waals surface area contributed by atoms with E-state index in [1.807, 2.05) is 6.08 Å². The van der Waals surface area contributed by atoms with E-state index in [0.717, 1.165) is 0 Å². The molecule has 0 aromatic carbocycles. The minimum Gasteiger partial charge on any atom is -0.392 e. The van der Waals surface area contributed by atoms with Crippen LogP contribution >= 0.6 is 0 Å². The second kappa shape index (κ2) is 2.43. The number of hydrogen-bond donors (Lipinski definition) is 1. The Hall–Kier alpha value is -0.670. The van der Waals surface area contributed by atoms with Crippen LogP contribution in [0, 0.1) is 11.8 Å². The second-order valence-corrected chi connectivity index (χ2v) is 3.02. The Morgan fingerprint density at radius 1 is 1.64 bits per heavy atom. The van der Waals surface area contributed by atoms with Crippen molar-refractivity contribution in [2.45, 2.75) is 0 Å². The molecule has 2 rings (SSSR count). The fourth-order valence-electron chi connectivity index (χ4n) is 1.71. The van der Waals surface area contributed by atoms with Crippen molar-refractivity contribution < 1.29 is 14.6 Å². The molecule has 0 aromatic rings. The van der Waals surface area contributed by atoms with Crippen LogP contribution in [0.25, 0.3) is 0 Å². The molecule has 3 heteroatoms. The fourth-order valence-corrected chi connectivity index (χ4v) is 1.71. The summed E-state index contributed by atoms with van der Waals surface area (Å²) in [6.07, 6.45) is 1.85. The highest BCUT2D eigenvalue weighted by molar-refractivity contribution is 6.00. The maximum atomic E-state index is 11.3. The zero-order valence-corrected chi connectivity index (χ0v) is 6.12. The lowest BCUT2D eigenvalue weighted by Crippen LogP contribution is -2.16. The number of hydrogen-bond acceptors (Lipinski definition) is 3. The zero-order valence-electron chi connectivity index (χ0n) is 6.12. The largest absolute Gasteiger partial charge is 0.392 e. The van der Waals surface area contributed by atoms with Gasteiger partial charge in [0.1, 0.15) is 0 Å². The summed E-state index contributed by atoms with van der Waals surface area (Å²) in [5.74, 6) is 0.330. The molecule has 0 saturated carbocycles. The number of aliphatic hydroxyl groups excluding tert-OH is 1.